The molecule has 13 heavy (non-hydrogen) atoms. The van der Waals surface area contributed by atoms with Gasteiger partial charge in [0.2, 0.25) is 0 Å². The summed E-state index contributed by atoms with van der Waals surface area (Å²) in [7, 11) is 5.48. The zero-order valence-corrected chi connectivity index (χ0v) is 8.02. The second kappa shape index (κ2) is 3.84. The Hall–Kier alpha value is -1.65. The molecule has 0 amide bonds. The highest BCUT2D eigenvalue weighted by Gasteiger charge is 2.07. The van der Waals surface area contributed by atoms with Gasteiger partial charge in [0.15, 0.2) is 0 Å². The van der Waals surface area contributed by atoms with Gasteiger partial charge in [-0.1, -0.05) is 0 Å². The van der Waals surface area contributed by atoms with Gasteiger partial charge in [-0.15, -0.1) is 0 Å². The molecular formula is C8H13N5. The average Bonchev–Trinajstić information content (AvgIpc) is 2.08. The molecule has 70 valence electrons. The van der Waals surface area contributed by atoms with Crippen LogP contribution in [0.1, 0.15) is 5.56 Å². The minimum absolute atomic E-state index is 0.448. The molecule has 0 aliphatic heterocycles. The van der Waals surface area contributed by atoms with Gasteiger partial charge in [0.05, 0.1) is 5.56 Å². The van der Waals surface area contributed by atoms with E-state index in [-0.39, 0.29) is 0 Å². The molecule has 0 fully saturated rings. The van der Waals surface area contributed by atoms with Crippen LogP contribution in [-0.4, -0.2) is 37.3 Å². The van der Waals surface area contributed by atoms with Gasteiger partial charge in [-0.05, 0) is 0 Å². The number of rotatable bonds is 2. The first kappa shape index (κ1) is 9.44. The third-order valence-corrected chi connectivity index (χ3v) is 1.58. The summed E-state index contributed by atoms with van der Waals surface area (Å²) < 4.78 is 0. The van der Waals surface area contributed by atoms with Crippen molar-refractivity contribution in [2.75, 3.05) is 31.8 Å². The number of nitrogens with zero attached hydrogens (tertiary/aromatic N) is 4. The van der Waals surface area contributed by atoms with Gasteiger partial charge in [-0.3, -0.25) is 4.99 Å². The zero-order valence-electron chi connectivity index (χ0n) is 8.02. The van der Waals surface area contributed by atoms with Crippen molar-refractivity contribution in [1.29, 1.82) is 0 Å². The van der Waals surface area contributed by atoms with Crippen LogP contribution in [0.5, 0.6) is 0 Å². The fourth-order valence-corrected chi connectivity index (χ4v) is 1.01. The highest BCUT2D eigenvalue weighted by Crippen LogP contribution is 2.16. The third-order valence-electron chi connectivity index (χ3n) is 1.58. The maximum atomic E-state index is 5.68. The molecule has 0 saturated heterocycles. The lowest BCUT2D eigenvalue weighted by molar-refractivity contribution is 1.04. The number of aromatic nitrogens is 2. The summed E-state index contributed by atoms with van der Waals surface area (Å²) in [6, 6.07) is 0. The van der Waals surface area contributed by atoms with E-state index < -0.39 is 0 Å². The standard InChI is InChI=1S/C8H13N5/c1-10-4-6-7(9)11-5-12-8(6)13(2)3/h4-5H,1-3H3,(H2,9,11,12). The Morgan fingerprint density at radius 3 is 2.69 bits per heavy atom. The Morgan fingerprint density at radius 2 is 2.15 bits per heavy atom. The summed E-state index contributed by atoms with van der Waals surface area (Å²) in [6.07, 6.45) is 3.10. The molecule has 0 unspecified atom stereocenters. The first-order chi connectivity index (χ1) is 6.16. The molecule has 2 N–H and O–H groups in total. The molecule has 0 radical (unpaired) electrons. The summed E-state index contributed by atoms with van der Waals surface area (Å²) in [5.74, 6) is 1.22. The van der Waals surface area contributed by atoms with Crippen LogP contribution in [0.15, 0.2) is 11.3 Å². The summed E-state index contributed by atoms with van der Waals surface area (Å²) >= 11 is 0. The van der Waals surface area contributed by atoms with Gasteiger partial charge in [-0.25, -0.2) is 9.97 Å². The van der Waals surface area contributed by atoms with Crippen molar-refractivity contribution in [3.8, 4) is 0 Å². The molecule has 1 heterocycles. The summed E-state index contributed by atoms with van der Waals surface area (Å²) in [5.41, 5.74) is 6.44. The van der Waals surface area contributed by atoms with Gasteiger partial charge < -0.3 is 10.6 Å². The average molecular weight is 179 g/mol. The second-order valence-corrected chi connectivity index (χ2v) is 2.78. The van der Waals surface area contributed by atoms with Gasteiger partial charge in [0.1, 0.15) is 18.0 Å². The van der Waals surface area contributed by atoms with Crippen LogP contribution in [0.3, 0.4) is 0 Å². The van der Waals surface area contributed by atoms with Gasteiger partial charge >= 0.3 is 0 Å². The number of anilines is 2. The third kappa shape index (κ3) is 1.93. The molecule has 1 rings (SSSR count). The Bertz CT molecular complexity index is 318. The minimum atomic E-state index is 0.448. The first-order valence-corrected chi connectivity index (χ1v) is 3.86. The van der Waals surface area contributed by atoms with Crippen molar-refractivity contribution in [3.63, 3.8) is 0 Å². The second-order valence-electron chi connectivity index (χ2n) is 2.78. The van der Waals surface area contributed by atoms with E-state index in [1.54, 1.807) is 13.3 Å². The molecule has 0 aromatic carbocycles. The Kier molecular flexibility index (Phi) is 2.79. The number of hydrogen-bond donors (Lipinski definition) is 1. The van der Waals surface area contributed by atoms with Crippen molar-refractivity contribution in [2.45, 2.75) is 0 Å². The number of nitrogen functional groups attached to an aromatic ring is 1. The molecular weight excluding hydrogens is 166 g/mol. The van der Waals surface area contributed by atoms with E-state index in [9.17, 15) is 0 Å². The van der Waals surface area contributed by atoms with E-state index in [0.717, 1.165) is 11.4 Å². The van der Waals surface area contributed by atoms with E-state index >= 15 is 0 Å². The largest absolute Gasteiger partial charge is 0.383 e. The lowest BCUT2D eigenvalue weighted by Gasteiger charge is -2.13. The first-order valence-electron chi connectivity index (χ1n) is 3.86. The fraction of sp³-hybridized carbons (Fsp3) is 0.375. The quantitative estimate of drug-likeness (QED) is 0.657. The monoisotopic (exact) mass is 179 g/mol. The van der Waals surface area contributed by atoms with Gasteiger partial charge in [-0.2, -0.15) is 0 Å². The highest BCUT2D eigenvalue weighted by atomic mass is 15.2. The summed E-state index contributed by atoms with van der Waals surface area (Å²) in [6.45, 7) is 0. The van der Waals surface area contributed by atoms with Crippen molar-refractivity contribution < 1.29 is 0 Å². The van der Waals surface area contributed by atoms with Crippen LogP contribution < -0.4 is 10.6 Å². The Balaban J connectivity index is 3.25. The fourth-order valence-electron chi connectivity index (χ4n) is 1.01. The maximum Gasteiger partial charge on any atom is 0.142 e. The molecule has 0 bridgehead atoms. The maximum absolute atomic E-state index is 5.68. The molecule has 0 atom stereocenters. The van der Waals surface area contributed by atoms with Crippen LogP contribution in [0.25, 0.3) is 0 Å². The molecule has 1 aromatic heterocycles. The van der Waals surface area contributed by atoms with Crippen molar-refractivity contribution in [1.82, 2.24) is 9.97 Å². The highest BCUT2D eigenvalue weighted by molar-refractivity contribution is 5.91. The topological polar surface area (TPSA) is 67.4 Å². The van der Waals surface area contributed by atoms with E-state index in [1.807, 2.05) is 19.0 Å². The van der Waals surface area contributed by atoms with Crippen LogP contribution in [-0.2, 0) is 0 Å². The van der Waals surface area contributed by atoms with E-state index in [0.29, 0.717) is 5.82 Å². The predicted octanol–water partition coefficient (Wildman–Crippen LogP) is 0.173. The molecule has 5 nitrogen and oxygen atoms in total. The van der Waals surface area contributed by atoms with E-state index in [1.165, 1.54) is 6.33 Å². The number of nitrogens with two attached hydrogens (primary N) is 1. The molecule has 0 saturated carbocycles. The number of aliphatic imine (C=N–C) groups is 1. The molecule has 5 heteroatoms. The lowest BCUT2D eigenvalue weighted by atomic mass is 10.3. The van der Waals surface area contributed by atoms with Crippen LogP contribution in [0.4, 0.5) is 11.6 Å². The van der Waals surface area contributed by atoms with E-state index in [4.69, 9.17) is 5.73 Å². The summed E-state index contributed by atoms with van der Waals surface area (Å²) in [4.78, 5) is 13.8. The Morgan fingerprint density at radius 1 is 1.46 bits per heavy atom. The van der Waals surface area contributed by atoms with Crippen molar-refractivity contribution >= 4 is 17.9 Å². The van der Waals surface area contributed by atoms with Crippen LogP contribution in [0, 0.1) is 0 Å². The molecule has 1 aromatic rings. The van der Waals surface area contributed by atoms with Gasteiger partial charge in [0, 0.05) is 27.4 Å². The van der Waals surface area contributed by atoms with Gasteiger partial charge in [0.25, 0.3) is 0 Å². The smallest absolute Gasteiger partial charge is 0.142 e. The zero-order chi connectivity index (χ0) is 9.84. The van der Waals surface area contributed by atoms with E-state index in [2.05, 4.69) is 15.0 Å². The molecule has 0 aliphatic rings. The van der Waals surface area contributed by atoms with Crippen molar-refractivity contribution in [2.24, 2.45) is 4.99 Å². The van der Waals surface area contributed by atoms with Crippen molar-refractivity contribution in [3.05, 3.63) is 11.9 Å². The summed E-state index contributed by atoms with van der Waals surface area (Å²) in [5, 5.41) is 0. The normalized spacial score (nSPS) is 10.7. The lowest BCUT2D eigenvalue weighted by Crippen LogP contribution is -2.15. The SMILES string of the molecule is CN=Cc1c(N)ncnc1N(C)C. The van der Waals surface area contributed by atoms with Crippen LogP contribution in [0.2, 0.25) is 0 Å². The van der Waals surface area contributed by atoms with Crippen LogP contribution >= 0.6 is 0 Å². The minimum Gasteiger partial charge on any atom is -0.383 e. The Labute approximate surface area is 77.3 Å². The molecule has 0 aliphatic carbocycles. The number of hydrogen-bond acceptors (Lipinski definition) is 5. The molecule has 0 spiro atoms. The predicted molar refractivity (Wildman–Crippen MR) is 54.3 cm³/mol.